The molecule has 2 aliphatic heterocycles. The zero-order valence-corrected chi connectivity index (χ0v) is 16.0. The van der Waals surface area contributed by atoms with Crippen molar-refractivity contribution in [2.24, 2.45) is 0 Å². The minimum Gasteiger partial charge on any atom is -0.464 e. The SMILES string of the molecule is COC(=O)c1cn([C@H]2CO[C@H]3[C@@H]2OC[C@H]3OC(=O)Nc2cccc(C(F)(F)F)c2)nn1. The number of halogens is 3. The molecule has 0 unspecified atom stereocenters. The van der Waals surface area contributed by atoms with E-state index in [9.17, 15) is 22.8 Å². The van der Waals surface area contributed by atoms with Crippen LogP contribution in [0.4, 0.5) is 23.7 Å². The summed E-state index contributed by atoms with van der Waals surface area (Å²) >= 11 is 0. The van der Waals surface area contributed by atoms with E-state index in [1.807, 2.05) is 0 Å². The average Bonchev–Trinajstić information content (AvgIpc) is 3.44. The van der Waals surface area contributed by atoms with Gasteiger partial charge in [0, 0.05) is 5.69 Å². The maximum atomic E-state index is 12.8. The predicted octanol–water partition coefficient (Wildman–Crippen LogP) is 2.04. The molecule has 2 fully saturated rings. The summed E-state index contributed by atoms with van der Waals surface area (Å²) in [5.41, 5.74) is -0.925. The third-order valence-corrected chi connectivity index (χ3v) is 4.92. The highest BCUT2D eigenvalue weighted by Crippen LogP contribution is 2.35. The van der Waals surface area contributed by atoms with Gasteiger partial charge in [-0.25, -0.2) is 14.3 Å². The van der Waals surface area contributed by atoms with Gasteiger partial charge in [-0.3, -0.25) is 5.32 Å². The number of alkyl halides is 3. The maximum Gasteiger partial charge on any atom is 0.416 e. The van der Waals surface area contributed by atoms with Gasteiger partial charge in [0.25, 0.3) is 0 Å². The van der Waals surface area contributed by atoms with E-state index in [0.29, 0.717) is 0 Å². The number of nitrogens with one attached hydrogen (secondary N) is 1. The Bertz CT molecular complexity index is 981. The van der Waals surface area contributed by atoms with E-state index in [4.69, 9.17) is 14.2 Å². The number of amides is 1. The van der Waals surface area contributed by atoms with Crippen LogP contribution in [0.15, 0.2) is 30.5 Å². The smallest absolute Gasteiger partial charge is 0.416 e. The van der Waals surface area contributed by atoms with Crippen molar-refractivity contribution in [2.75, 3.05) is 25.6 Å². The fourth-order valence-electron chi connectivity index (χ4n) is 3.47. The van der Waals surface area contributed by atoms with Crippen molar-refractivity contribution in [3.05, 3.63) is 41.7 Å². The first kappa shape index (κ1) is 21.1. The molecule has 4 atom stereocenters. The van der Waals surface area contributed by atoms with Crippen LogP contribution in [0.2, 0.25) is 0 Å². The number of rotatable bonds is 4. The van der Waals surface area contributed by atoms with Crippen LogP contribution in [-0.4, -0.2) is 65.7 Å². The van der Waals surface area contributed by atoms with Crippen molar-refractivity contribution in [1.29, 1.82) is 0 Å². The minimum atomic E-state index is -4.53. The molecule has 1 N–H and O–H groups in total. The van der Waals surface area contributed by atoms with Gasteiger partial charge >= 0.3 is 18.2 Å². The molecule has 10 nitrogen and oxygen atoms in total. The third kappa shape index (κ3) is 4.32. The van der Waals surface area contributed by atoms with Crippen molar-refractivity contribution >= 4 is 17.7 Å². The Morgan fingerprint density at radius 2 is 2.00 bits per heavy atom. The minimum absolute atomic E-state index is 0.0252. The summed E-state index contributed by atoms with van der Waals surface area (Å²) in [6, 6.07) is 3.79. The van der Waals surface area contributed by atoms with Crippen molar-refractivity contribution in [1.82, 2.24) is 15.0 Å². The van der Waals surface area contributed by atoms with Crippen LogP contribution in [0.5, 0.6) is 0 Å². The number of esters is 1. The average molecular weight is 442 g/mol. The first-order valence-electron chi connectivity index (χ1n) is 9.14. The van der Waals surface area contributed by atoms with Crippen molar-refractivity contribution in [3.8, 4) is 0 Å². The topological polar surface area (TPSA) is 114 Å². The maximum absolute atomic E-state index is 12.8. The number of nitrogens with zero attached hydrogens (tertiary/aromatic N) is 3. The Balaban J connectivity index is 1.37. The normalized spacial score (nSPS) is 25.2. The lowest BCUT2D eigenvalue weighted by atomic mass is 10.1. The lowest BCUT2D eigenvalue weighted by Gasteiger charge is -2.17. The first-order valence-corrected chi connectivity index (χ1v) is 9.14. The molecule has 2 aromatic rings. The number of ether oxygens (including phenoxy) is 4. The predicted molar refractivity (Wildman–Crippen MR) is 95.2 cm³/mol. The molecule has 31 heavy (non-hydrogen) atoms. The number of anilines is 1. The lowest BCUT2D eigenvalue weighted by molar-refractivity contribution is -0.137. The highest BCUT2D eigenvalue weighted by atomic mass is 19.4. The Labute approximate surface area is 173 Å². The molecule has 1 amide bonds. The molecule has 166 valence electrons. The number of methoxy groups -OCH3 is 1. The van der Waals surface area contributed by atoms with Gasteiger partial charge < -0.3 is 18.9 Å². The van der Waals surface area contributed by atoms with Gasteiger partial charge in [0.05, 0.1) is 32.1 Å². The molecule has 3 heterocycles. The van der Waals surface area contributed by atoms with Gasteiger partial charge in [-0.15, -0.1) is 5.10 Å². The molecule has 2 aliphatic rings. The summed E-state index contributed by atoms with van der Waals surface area (Å²) in [6.07, 6.45) is -5.96. The second kappa shape index (κ2) is 8.15. The van der Waals surface area contributed by atoms with E-state index in [2.05, 4.69) is 20.4 Å². The second-order valence-electron chi connectivity index (χ2n) is 6.89. The zero-order valence-electron chi connectivity index (χ0n) is 16.0. The molecule has 4 rings (SSSR count). The molecule has 0 aliphatic carbocycles. The number of hydrogen-bond acceptors (Lipinski definition) is 8. The van der Waals surface area contributed by atoms with Gasteiger partial charge in [-0.1, -0.05) is 11.3 Å². The number of carbonyl (C=O) groups is 2. The fraction of sp³-hybridized carbons (Fsp3) is 0.444. The molecule has 1 aromatic carbocycles. The molecule has 0 spiro atoms. The first-order chi connectivity index (χ1) is 14.8. The van der Waals surface area contributed by atoms with E-state index < -0.39 is 48.2 Å². The number of fused-ring (bicyclic) bond motifs is 1. The Hall–Kier alpha value is -3.19. The van der Waals surface area contributed by atoms with Crippen LogP contribution in [0.1, 0.15) is 22.1 Å². The Morgan fingerprint density at radius 3 is 2.74 bits per heavy atom. The van der Waals surface area contributed by atoms with Crippen LogP contribution in [-0.2, 0) is 25.1 Å². The zero-order chi connectivity index (χ0) is 22.2. The number of hydrogen-bond donors (Lipinski definition) is 1. The Kier molecular flexibility index (Phi) is 5.54. The standard InChI is InChI=1S/C18H17F3N4O6/c1-28-16(26)11-6-25(24-23-11)12-7-29-15-13(8-30-14(12)15)31-17(27)22-10-4-2-3-9(5-10)18(19,20)21/h2-6,12-15H,7-8H2,1H3,(H,22,27)/t12-,13+,14+,15+/m0/s1. The van der Waals surface area contributed by atoms with Gasteiger partial charge in [0.15, 0.2) is 11.8 Å². The largest absolute Gasteiger partial charge is 0.464 e. The van der Waals surface area contributed by atoms with Gasteiger partial charge in [-0.2, -0.15) is 13.2 Å². The van der Waals surface area contributed by atoms with E-state index in [0.717, 1.165) is 12.1 Å². The highest BCUT2D eigenvalue weighted by molar-refractivity contribution is 5.86. The summed E-state index contributed by atoms with van der Waals surface area (Å²) in [7, 11) is 1.22. The van der Waals surface area contributed by atoms with Crippen LogP contribution in [0.3, 0.4) is 0 Å². The summed E-state index contributed by atoms with van der Waals surface area (Å²) in [6.45, 7) is 0.203. The van der Waals surface area contributed by atoms with Crippen LogP contribution in [0, 0.1) is 0 Å². The van der Waals surface area contributed by atoms with Crippen molar-refractivity contribution in [2.45, 2.75) is 30.5 Å². The molecule has 0 saturated carbocycles. The third-order valence-electron chi connectivity index (χ3n) is 4.92. The number of aromatic nitrogens is 3. The van der Waals surface area contributed by atoms with E-state index in [1.54, 1.807) is 0 Å². The number of benzene rings is 1. The van der Waals surface area contributed by atoms with Crippen molar-refractivity contribution in [3.63, 3.8) is 0 Å². The monoisotopic (exact) mass is 442 g/mol. The van der Waals surface area contributed by atoms with E-state index in [1.165, 1.54) is 30.1 Å². The van der Waals surface area contributed by atoms with Crippen LogP contribution < -0.4 is 5.32 Å². The van der Waals surface area contributed by atoms with Gasteiger partial charge in [0.2, 0.25) is 0 Å². The van der Waals surface area contributed by atoms with Crippen molar-refractivity contribution < 1.29 is 41.7 Å². The van der Waals surface area contributed by atoms with Crippen LogP contribution in [0.25, 0.3) is 0 Å². The Morgan fingerprint density at radius 1 is 1.23 bits per heavy atom. The highest BCUT2D eigenvalue weighted by Gasteiger charge is 2.50. The molecular formula is C18H17F3N4O6. The second-order valence-corrected chi connectivity index (χ2v) is 6.89. The quantitative estimate of drug-likeness (QED) is 0.716. The summed E-state index contributed by atoms with van der Waals surface area (Å²) in [5.74, 6) is -0.637. The summed E-state index contributed by atoms with van der Waals surface area (Å²) < 4.78 is 61.1. The molecule has 0 bridgehead atoms. The molecular weight excluding hydrogens is 425 g/mol. The fourth-order valence-corrected chi connectivity index (χ4v) is 3.47. The van der Waals surface area contributed by atoms with E-state index >= 15 is 0 Å². The molecule has 1 aromatic heterocycles. The van der Waals surface area contributed by atoms with Gasteiger partial charge in [0.1, 0.15) is 18.2 Å². The summed E-state index contributed by atoms with van der Waals surface area (Å²) in [4.78, 5) is 23.7. The molecule has 2 saturated heterocycles. The van der Waals surface area contributed by atoms with Crippen LogP contribution >= 0.6 is 0 Å². The molecule has 13 heteroatoms. The molecule has 0 radical (unpaired) electrons. The van der Waals surface area contributed by atoms with Gasteiger partial charge in [-0.05, 0) is 18.2 Å². The van der Waals surface area contributed by atoms with E-state index in [-0.39, 0.29) is 24.6 Å². The summed E-state index contributed by atoms with van der Waals surface area (Å²) in [5, 5.41) is 9.90. The lowest BCUT2D eigenvalue weighted by Crippen LogP contribution is -2.34. The number of carbonyl (C=O) groups excluding carboxylic acids is 2.